The number of nitrogens with zero attached hydrogens (tertiary/aromatic N) is 2. The lowest BCUT2D eigenvalue weighted by atomic mass is 9.79. The average Bonchev–Trinajstić information content (AvgIpc) is 2.46. The number of anilines is 1. The summed E-state index contributed by atoms with van der Waals surface area (Å²) < 4.78 is 0. The minimum absolute atomic E-state index is 0.0701. The largest absolute Gasteiger partial charge is 0.370 e. The number of rotatable bonds is 4. The maximum absolute atomic E-state index is 4.93. The van der Waals surface area contributed by atoms with Crippen molar-refractivity contribution in [3.05, 3.63) is 17.6 Å². The van der Waals surface area contributed by atoms with Crippen molar-refractivity contribution < 1.29 is 0 Å². The predicted molar refractivity (Wildman–Crippen MR) is 89.9 cm³/mol. The van der Waals surface area contributed by atoms with Crippen molar-refractivity contribution in [1.29, 1.82) is 0 Å². The minimum Gasteiger partial charge on any atom is -0.370 e. The fraction of sp³-hybridized carbons (Fsp3) is 0.778. The standard InChI is InChI=1S/C18H31N3/c1-6-13-9-8-10-14(11-13)17-20-15(18(3,4)5)12-16(21-17)19-7-2/h12-14H,6-11H2,1-5H3,(H,19,20,21). The molecule has 1 aliphatic carbocycles. The second-order valence-corrected chi connectivity index (χ2v) is 7.41. The van der Waals surface area contributed by atoms with Gasteiger partial charge in [-0.2, -0.15) is 0 Å². The van der Waals surface area contributed by atoms with Crippen LogP contribution in [0.2, 0.25) is 0 Å². The van der Waals surface area contributed by atoms with Crippen molar-refractivity contribution in [3.63, 3.8) is 0 Å². The second kappa shape index (κ2) is 6.76. The van der Waals surface area contributed by atoms with Crippen LogP contribution in [0.15, 0.2) is 6.07 Å². The number of nitrogens with one attached hydrogen (secondary N) is 1. The molecule has 0 aromatic carbocycles. The van der Waals surface area contributed by atoms with E-state index in [2.05, 4.69) is 46.0 Å². The van der Waals surface area contributed by atoms with Crippen molar-refractivity contribution in [3.8, 4) is 0 Å². The highest BCUT2D eigenvalue weighted by Crippen LogP contribution is 2.37. The quantitative estimate of drug-likeness (QED) is 0.857. The van der Waals surface area contributed by atoms with Gasteiger partial charge in [-0.15, -0.1) is 0 Å². The van der Waals surface area contributed by atoms with Gasteiger partial charge in [-0.05, 0) is 25.7 Å². The van der Waals surface area contributed by atoms with Crippen LogP contribution in [0.1, 0.15) is 84.2 Å². The summed E-state index contributed by atoms with van der Waals surface area (Å²) in [6.45, 7) is 12.0. The third-order valence-electron chi connectivity index (χ3n) is 4.60. The Balaban J connectivity index is 2.31. The Kier molecular flexibility index (Phi) is 5.23. The number of hydrogen-bond donors (Lipinski definition) is 1. The summed E-state index contributed by atoms with van der Waals surface area (Å²) >= 11 is 0. The Morgan fingerprint density at radius 3 is 2.57 bits per heavy atom. The fourth-order valence-electron chi connectivity index (χ4n) is 3.20. The smallest absolute Gasteiger partial charge is 0.134 e. The van der Waals surface area contributed by atoms with Crippen molar-refractivity contribution in [2.75, 3.05) is 11.9 Å². The maximum Gasteiger partial charge on any atom is 0.134 e. The molecular formula is C18H31N3. The van der Waals surface area contributed by atoms with E-state index in [0.29, 0.717) is 5.92 Å². The summed E-state index contributed by atoms with van der Waals surface area (Å²) in [5, 5.41) is 3.37. The van der Waals surface area contributed by atoms with Crippen LogP contribution in [0.4, 0.5) is 5.82 Å². The van der Waals surface area contributed by atoms with Crippen LogP contribution in [-0.2, 0) is 5.41 Å². The van der Waals surface area contributed by atoms with E-state index in [1.807, 2.05) is 0 Å². The topological polar surface area (TPSA) is 37.8 Å². The van der Waals surface area contributed by atoms with Gasteiger partial charge in [0.2, 0.25) is 0 Å². The zero-order valence-corrected chi connectivity index (χ0v) is 14.4. The van der Waals surface area contributed by atoms with E-state index in [1.54, 1.807) is 0 Å². The van der Waals surface area contributed by atoms with Crippen molar-refractivity contribution in [2.24, 2.45) is 5.92 Å². The van der Waals surface area contributed by atoms with Gasteiger partial charge in [0.05, 0.1) is 5.69 Å². The maximum atomic E-state index is 4.93. The van der Waals surface area contributed by atoms with Gasteiger partial charge >= 0.3 is 0 Å². The van der Waals surface area contributed by atoms with Gasteiger partial charge in [0.25, 0.3) is 0 Å². The van der Waals surface area contributed by atoms with E-state index in [4.69, 9.17) is 9.97 Å². The molecule has 2 rings (SSSR count). The van der Waals surface area contributed by atoms with Gasteiger partial charge in [-0.1, -0.05) is 47.0 Å². The lowest BCUT2D eigenvalue weighted by molar-refractivity contribution is 0.306. The van der Waals surface area contributed by atoms with Crippen LogP contribution in [0.3, 0.4) is 0 Å². The van der Waals surface area contributed by atoms with Crippen molar-refractivity contribution >= 4 is 5.82 Å². The average molecular weight is 289 g/mol. The molecule has 1 saturated carbocycles. The Morgan fingerprint density at radius 1 is 1.19 bits per heavy atom. The molecule has 2 unspecified atom stereocenters. The monoisotopic (exact) mass is 289 g/mol. The van der Waals surface area contributed by atoms with Crippen LogP contribution < -0.4 is 5.32 Å². The van der Waals surface area contributed by atoms with Gasteiger partial charge < -0.3 is 5.32 Å². The van der Waals surface area contributed by atoms with Crippen LogP contribution in [0.5, 0.6) is 0 Å². The first-order chi connectivity index (χ1) is 9.94. The van der Waals surface area contributed by atoms with E-state index in [-0.39, 0.29) is 5.41 Å². The first-order valence-electron chi connectivity index (χ1n) is 8.57. The third kappa shape index (κ3) is 4.18. The molecule has 2 atom stereocenters. The molecule has 0 amide bonds. The Labute approximate surface area is 130 Å². The van der Waals surface area contributed by atoms with E-state index in [0.717, 1.165) is 29.8 Å². The van der Waals surface area contributed by atoms with Crippen LogP contribution in [0, 0.1) is 5.92 Å². The minimum atomic E-state index is 0.0701. The van der Waals surface area contributed by atoms with E-state index >= 15 is 0 Å². The molecule has 1 heterocycles. The second-order valence-electron chi connectivity index (χ2n) is 7.41. The summed E-state index contributed by atoms with van der Waals surface area (Å²) in [4.78, 5) is 9.74. The van der Waals surface area contributed by atoms with Gasteiger partial charge in [-0.3, -0.25) is 0 Å². The molecule has 3 nitrogen and oxygen atoms in total. The first-order valence-corrected chi connectivity index (χ1v) is 8.57. The Bertz CT molecular complexity index is 462. The lowest BCUT2D eigenvalue weighted by Crippen LogP contribution is -2.21. The van der Waals surface area contributed by atoms with Crippen LogP contribution in [0.25, 0.3) is 0 Å². The predicted octanol–water partition coefficient (Wildman–Crippen LogP) is 4.89. The molecule has 1 fully saturated rings. The van der Waals surface area contributed by atoms with E-state index < -0.39 is 0 Å². The first kappa shape index (κ1) is 16.3. The molecule has 0 spiro atoms. The molecule has 0 bridgehead atoms. The molecule has 118 valence electrons. The highest BCUT2D eigenvalue weighted by Gasteiger charge is 2.26. The Hall–Kier alpha value is -1.12. The molecular weight excluding hydrogens is 258 g/mol. The summed E-state index contributed by atoms with van der Waals surface area (Å²) in [5.41, 5.74) is 1.22. The third-order valence-corrected chi connectivity index (χ3v) is 4.60. The lowest BCUT2D eigenvalue weighted by Gasteiger charge is -2.29. The molecule has 1 aromatic rings. The van der Waals surface area contributed by atoms with Crippen molar-refractivity contribution in [1.82, 2.24) is 9.97 Å². The molecule has 3 heteroatoms. The van der Waals surface area contributed by atoms with E-state index in [1.165, 1.54) is 32.1 Å². The van der Waals surface area contributed by atoms with Crippen molar-refractivity contribution in [2.45, 2.75) is 78.1 Å². The van der Waals surface area contributed by atoms with Gasteiger partial charge in [0, 0.05) is 23.9 Å². The van der Waals surface area contributed by atoms with E-state index in [9.17, 15) is 0 Å². The summed E-state index contributed by atoms with van der Waals surface area (Å²) in [7, 11) is 0. The summed E-state index contributed by atoms with van der Waals surface area (Å²) in [6.07, 6.45) is 6.50. The number of hydrogen-bond acceptors (Lipinski definition) is 3. The highest BCUT2D eigenvalue weighted by atomic mass is 15.0. The SMILES string of the molecule is CCNc1cc(C(C)(C)C)nc(C2CCCC(CC)C2)n1. The molecule has 1 aliphatic rings. The molecule has 21 heavy (non-hydrogen) atoms. The van der Waals surface area contributed by atoms with Crippen LogP contribution >= 0.6 is 0 Å². The number of aromatic nitrogens is 2. The molecule has 1 N–H and O–H groups in total. The van der Waals surface area contributed by atoms with Gasteiger partial charge in [-0.25, -0.2) is 9.97 Å². The zero-order valence-electron chi connectivity index (χ0n) is 14.4. The molecule has 0 saturated heterocycles. The summed E-state index contributed by atoms with van der Waals surface area (Å²) in [5.74, 6) is 3.46. The highest BCUT2D eigenvalue weighted by molar-refractivity contribution is 5.38. The molecule has 0 aliphatic heterocycles. The summed E-state index contributed by atoms with van der Waals surface area (Å²) in [6, 6.07) is 2.12. The van der Waals surface area contributed by atoms with Crippen LogP contribution in [-0.4, -0.2) is 16.5 Å². The molecule has 0 radical (unpaired) electrons. The van der Waals surface area contributed by atoms with Gasteiger partial charge in [0.15, 0.2) is 0 Å². The van der Waals surface area contributed by atoms with Gasteiger partial charge in [0.1, 0.15) is 11.6 Å². The normalized spacial score (nSPS) is 23.1. The Morgan fingerprint density at radius 2 is 1.95 bits per heavy atom. The zero-order chi connectivity index (χ0) is 15.5. The fourth-order valence-corrected chi connectivity index (χ4v) is 3.20. The molecule has 1 aromatic heterocycles.